The largest absolute Gasteiger partial charge is 0.377 e. The lowest BCUT2D eigenvalue weighted by atomic mass is 10.2. The van der Waals surface area contributed by atoms with Crippen molar-refractivity contribution >= 4 is 17.6 Å². The van der Waals surface area contributed by atoms with Crippen molar-refractivity contribution in [3.8, 4) is 0 Å². The molecule has 0 aliphatic heterocycles. The van der Waals surface area contributed by atoms with Gasteiger partial charge < -0.3 is 10.2 Å². The van der Waals surface area contributed by atoms with Crippen molar-refractivity contribution in [3.63, 3.8) is 0 Å². The summed E-state index contributed by atoms with van der Waals surface area (Å²) in [6.45, 7) is 0.369. The molecule has 1 heterocycles. The second-order valence-corrected chi connectivity index (χ2v) is 4.85. The van der Waals surface area contributed by atoms with Crippen molar-refractivity contribution in [3.05, 3.63) is 47.8 Å². The molecule has 0 fully saturated rings. The topological polar surface area (TPSA) is 73.1 Å². The minimum atomic E-state index is 0.369. The number of benzene rings is 1. The molecule has 0 spiro atoms. The Bertz CT molecular complexity index is 521. The molecule has 0 unspecified atom stereocenters. The summed E-state index contributed by atoms with van der Waals surface area (Å²) in [4.78, 5) is 8.63. The molecule has 2 aromatic rings. The van der Waals surface area contributed by atoms with E-state index < -0.39 is 0 Å². The number of aromatic nitrogens is 2. The second-order valence-electron chi connectivity index (χ2n) is 3.86. The summed E-state index contributed by atoms with van der Waals surface area (Å²) >= 11 is 1.64. The standard InChI is InChI=1S/C13H16N4OS/c1-18-8-12-15-11(17-14)7-13(16-12)19-9-10-5-3-2-4-6-10/h2-7H,8-9,14H2,1H3,(H,15,16,17). The summed E-state index contributed by atoms with van der Waals surface area (Å²) in [6.07, 6.45) is 0. The minimum absolute atomic E-state index is 0.369. The van der Waals surface area contributed by atoms with E-state index in [0.29, 0.717) is 18.2 Å². The summed E-state index contributed by atoms with van der Waals surface area (Å²) in [5.41, 5.74) is 3.80. The van der Waals surface area contributed by atoms with Gasteiger partial charge >= 0.3 is 0 Å². The van der Waals surface area contributed by atoms with Crippen LogP contribution in [0.25, 0.3) is 0 Å². The highest BCUT2D eigenvalue weighted by Gasteiger charge is 2.05. The van der Waals surface area contributed by atoms with Gasteiger partial charge in [0.15, 0.2) is 5.82 Å². The van der Waals surface area contributed by atoms with Crippen LogP contribution in [0.15, 0.2) is 41.4 Å². The first kappa shape index (κ1) is 13.8. The number of hydrogen-bond acceptors (Lipinski definition) is 6. The van der Waals surface area contributed by atoms with Crippen LogP contribution < -0.4 is 11.3 Å². The minimum Gasteiger partial charge on any atom is -0.377 e. The highest BCUT2D eigenvalue weighted by Crippen LogP contribution is 2.22. The van der Waals surface area contributed by atoms with Crippen LogP contribution in [-0.4, -0.2) is 17.1 Å². The molecule has 0 atom stereocenters. The Balaban J connectivity index is 2.08. The van der Waals surface area contributed by atoms with Gasteiger partial charge in [-0.15, -0.1) is 11.8 Å². The number of ether oxygens (including phenoxy) is 1. The summed E-state index contributed by atoms with van der Waals surface area (Å²) in [5.74, 6) is 7.47. The smallest absolute Gasteiger partial charge is 0.157 e. The number of nitrogen functional groups attached to an aromatic ring is 1. The van der Waals surface area contributed by atoms with Crippen LogP contribution in [0.2, 0.25) is 0 Å². The molecular weight excluding hydrogens is 260 g/mol. The van der Waals surface area contributed by atoms with Crippen LogP contribution in [0, 0.1) is 0 Å². The van der Waals surface area contributed by atoms with E-state index in [1.54, 1.807) is 18.9 Å². The number of nitrogens with zero attached hydrogens (tertiary/aromatic N) is 2. The summed E-state index contributed by atoms with van der Waals surface area (Å²) in [6, 6.07) is 12.1. The van der Waals surface area contributed by atoms with Crippen molar-refractivity contribution < 1.29 is 4.74 Å². The van der Waals surface area contributed by atoms with Crippen LogP contribution in [0.3, 0.4) is 0 Å². The predicted octanol–water partition coefficient (Wildman–Crippen LogP) is 2.20. The van der Waals surface area contributed by atoms with E-state index in [0.717, 1.165) is 10.8 Å². The lowest BCUT2D eigenvalue weighted by molar-refractivity contribution is 0.177. The number of nitrogens with one attached hydrogen (secondary N) is 1. The molecule has 0 aliphatic rings. The number of nitrogens with two attached hydrogens (primary N) is 1. The fraction of sp³-hybridized carbons (Fsp3) is 0.231. The highest BCUT2D eigenvalue weighted by atomic mass is 32.2. The molecule has 0 amide bonds. The zero-order chi connectivity index (χ0) is 13.5. The van der Waals surface area contributed by atoms with Gasteiger partial charge in [-0.2, -0.15) is 0 Å². The molecule has 0 radical (unpaired) electrons. The molecule has 0 bridgehead atoms. The van der Waals surface area contributed by atoms with Crippen molar-refractivity contribution in [2.75, 3.05) is 12.5 Å². The first-order chi connectivity index (χ1) is 9.31. The van der Waals surface area contributed by atoms with Crippen LogP contribution in [0.1, 0.15) is 11.4 Å². The van der Waals surface area contributed by atoms with E-state index in [-0.39, 0.29) is 0 Å². The molecule has 6 heteroatoms. The quantitative estimate of drug-likeness (QED) is 0.365. The van der Waals surface area contributed by atoms with Crippen LogP contribution in [-0.2, 0) is 17.1 Å². The Kier molecular flexibility index (Phi) is 5.14. The van der Waals surface area contributed by atoms with Gasteiger partial charge in [0.2, 0.25) is 0 Å². The van der Waals surface area contributed by atoms with Gasteiger partial charge in [0.05, 0.1) is 0 Å². The molecule has 2 rings (SSSR count). The van der Waals surface area contributed by atoms with Crippen LogP contribution in [0.4, 0.5) is 5.82 Å². The third-order valence-corrected chi connectivity index (χ3v) is 3.38. The van der Waals surface area contributed by atoms with E-state index in [9.17, 15) is 0 Å². The molecule has 1 aromatic carbocycles. The van der Waals surface area contributed by atoms with E-state index in [2.05, 4.69) is 27.5 Å². The molecule has 0 saturated heterocycles. The number of rotatable bonds is 6. The van der Waals surface area contributed by atoms with Gasteiger partial charge in [-0.05, 0) is 5.56 Å². The molecule has 5 nitrogen and oxygen atoms in total. The van der Waals surface area contributed by atoms with Gasteiger partial charge in [-0.3, -0.25) is 0 Å². The molecule has 19 heavy (non-hydrogen) atoms. The average Bonchev–Trinajstić information content (AvgIpc) is 2.46. The Morgan fingerprint density at radius 1 is 1.26 bits per heavy atom. The summed E-state index contributed by atoms with van der Waals surface area (Å²) < 4.78 is 5.04. The van der Waals surface area contributed by atoms with E-state index in [1.165, 1.54) is 5.56 Å². The maximum atomic E-state index is 5.40. The maximum absolute atomic E-state index is 5.40. The number of hydrazine groups is 1. The van der Waals surface area contributed by atoms with Gasteiger partial charge in [-0.25, -0.2) is 15.8 Å². The second kappa shape index (κ2) is 7.08. The average molecular weight is 276 g/mol. The van der Waals surface area contributed by atoms with Gasteiger partial charge in [0.1, 0.15) is 17.5 Å². The zero-order valence-corrected chi connectivity index (χ0v) is 11.5. The van der Waals surface area contributed by atoms with Gasteiger partial charge in [-0.1, -0.05) is 30.3 Å². The third-order valence-electron chi connectivity index (χ3n) is 2.40. The highest BCUT2D eigenvalue weighted by molar-refractivity contribution is 7.98. The Labute approximate surface area is 116 Å². The van der Waals surface area contributed by atoms with Crippen molar-refractivity contribution in [2.24, 2.45) is 5.84 Å². The van der Waals surface area contributed by atoms with Crippen molar-refractivity contribution in [2.45, 2.75) is 17.4 Å². The maximum Gasteiger partial charge on any atom is 0.157 e. The first-order valence-electron chi connectivity index (χ1n) is 5.82. The Morgan fingerprint density at radius 3 is 2.74 bits per heavy atom. The van der Waals surface area contributed by atoms with Gasteiger partial charge in [0, 0.05) is 18.9 Å². The van der Waals surface area contributed by atoms with Gasteiger partial charge in [0.25, 0.3) is 0 Å². The van der Waals surface area contributed by atoms with Crippen LogP contribution in [0.5, 0.6) is 0 Å². The molecular formula is C13H16N4OS. The van der Waals surface area contributed by atoms with E-state index in [4.69, 9.17) is 10.6 Å². The van der Waals surface area contributed by atoms with Crippen molar-refractivity contribution in [1.29, 1.82) is 0 Å². The SMILES string of the molecule is COCc1nc(NN)cc(SCc2ccccc2)n1. The zero-order valence-electron chi connectivity index (χ0n) is 10.7. The van der Waals surface area contributed by atoms with E-state index in [1.807, 2.05) is 24.3 Å². The summed E-state index contributed by atoms with van der Waals surface area (Å²) in [7, 11) is 1.61. The van der Waals surface area contributed by atoms with E-state index >= 15 is 0 Å². The Morgan fingerprint density at radius 2 is 2.05 bits per heavy atom. The number of hydrogen-bond donors (Lipinski definition) is 2. The lowest BCUT2D eigenvalue weighted by Crippen LogP contribution is -2.11. The predicted molar refractivity (Wildman–Crippen MR) is 76.6 cm³/mol. The lowest BCUT2D eigenvalue weighted by Gasteiger charge is -2.07. The number of methoxy groups -OCH3 is 1. The molecule has 0 saturated carbocycles. The summed E-state index contributed by atoms with van der Waals surface area (Å²) in [5, 5.41) is 0.874. The molecule has 0 aliphatic carbocycles. The normalized spacial score (nSPS) is 10.4. The Hall–Kier alpha value is -1.63. The number of anilines is 1. The fourth-order valence-corrected chi connectivity index (χ4v) is 2.42. The molecule has 100 valence electrons. The first-order valence-corrected chi connectivity index (χ1v) is 6.80. The van der Waals surface area contributed by atoms with Crippen molar-refractivity contribution in [1.82, 2.24) is 9.97 Å². The monoisotopic (exact) mass is 276 g/mol. The molecule has 1 aromatic heterocycles. The molecule has 3 N–H and O–H groups in total. The van der Waals surface area contributed by atoms with Crippen LogP contribution >= 0.6 is 11.8 Å². The fourth-order valence-electron chi connectivity index (χ4n) is 1.55. The third kappa shape index (κ3) is 4.20. The number of thioether (sulfide) groups is 1.